The molecule has 2 aromatic carbocycles. The predicted molar refractivity (Wildman–Crippen MR) is 89.8 cm³/mol. The Balaban J connectivity index is 1.39. The fourth-order valence-corrected chi connectivity index (χ4v) is 3.75. The minimum Gasteiger partial charge on any atom is -0.394 e. The average Bonchev–Trinajstić information content (AvgIpc) is 3.33. The van der Waals surface area contributed by atoms with Gasteiger partial charge in [-0.05, 0) is 0 Å². The summed E-state index contributed by atoms with van der Waals surface area (Å²) in [4.78, 5) is 0. The van der Waals surface area contributed by atoms with Crippen LogP contribution in [0.2, 0.25) is 0 Å². The summed E-state index contributed by atoms with van der Waals surface area (Å²) >= 11 is 0. The van der Waals surface area contributed by atoms with Crippen LogP contribution in [0.5, 0.6) is 0 Å². The van der Waals surface area contributed by atoms with Crippen molar-refractivity contribution in [2.45, 2.75) is 43.3 Å². The monoisotopic (exact) mass is 356 g/mol. The number of rotatable bonds is 3. The quantitative estimate of drug-likeness (QED) is 0.910. The van der Waals surface area contributed by atoms with Crippen LogP contribution in [-0.4, -0.2) is 42.4 Å². The van der Waals surface area contributed by atoms with Gasteiger partial charge in [-0.3, -0.25) is 0 Å². The highest BCUT2D eigenvalue weighted by Crippen LogP contribution is 2.45. The van der Waals surface area contributed by atoms with Crippen molar-refractivity contribution < 1.29 is 28.8 Å². The van der Waals surface area contributed by atoms with Crippen LogP contribution in [0.25, 0.3) is 0 Å². The van der Waals surface area contributed by atoms with Crippen molar-refractivity contribution >= 4 is 0 Å². The maximum Gasteiger partial charge on any atom is 0.190 e. The van der Waals surface area contributed by atoms with Crippen LogP contribution in [0.3, 0.4) is 0 Å². The van der Waals surface area contributed by atoms with Crippen LogP contribution in [0.1, 0.15) is 23.7 Å². The second-order valence-corrected chi connectivity index (χ2v) is 6.65. The molecule has 1 N–H and O–H groups in total. The third-order valence-corrected chi connectivity index (χ3v) is 5.01. The molecule has 6 heteroatoms. The lowest BCUT2D eigenvalue weighted by atomic mass is 9.99. The number of aliphatic hydroxyl groups excluding tert-OH is 1. The molecule has 7 atom stereocenters. The molecule has 5 rings (SSSR count). The first kappa shape index (κ1) is 16.4. The van der Waals surface area contributed by atoms with Gasteiger partial charge in [-0.15, -0.1) is 0 Å². The van der Waals surface area contributed by atoms with Gasteiger partial charge in [0.1, 0.15) is 24.4 Å². The van der Waals surface area contributed by atoms with E-state index < -0.39 is 37.2 Å². The molecule has 2 aromatic rings. The summed E-state index contributed by atoms with van der Waals surface area (Å²) in [6.45, 7) is -0.172. The molecular formula is C20H20O6. The Kier molecular flexibility index (Phi) is 4.24. The van der Waals surface area contributed by atoms with Crippen LogP contribution in [0, 0.1) is 0 Å². The number of fused-ring (bicyclic) bond motifs is 3. The van der Waals surface area contributed by atoms with Crippen molar-refractivity contribution in [3.8, 4) is 0 Å². The highest BCUT2D eigenvalue weighted by Gasteiger charge is 2.57. The third kappa shape index (κ3) is 2.75. The molecular weight excluding hydrogens is 336 g/mol. The first-order valence-electron chi connectivity index (χ1n) is 8.81. The fraction of sp³-hybridized carbons (Fsp3) is 0.400. The second kappa shape index (κ2) is 6.74. The number of hydrogen-bond acceptors (Lipinski definition) is 6. The molecule has 136 valence electrons. The van der Waals surface area contributed by atoms with Gasteiger partial charge in [-0.1, -0.05) is 60.7 Å². The fourth-order valence-electron chi connectivity index (χ4n) is 3.75. The lowest BCUT2D eigenvalue weighted by Gasteiger charge is -2.36. The second-order valence-electron chi connectivity index (χ2n) is 6.65. The summed E-state index contributed by atoms with van der Waals surface area (Å²) in [7, 11) is 0. The zero-order valence-electron chi connectivity index (χ0n) is 14.0. The minimum atomic E-state index is -0.600. The molecule has 2 unspecified atom stereocenters. The van der Waals surface area contributed by atoms with Gasteiger partial charge in [0.25, 0.3) is 0 Å². The standard InChI is InChI=1S/C20H20O6/c21-11-14-15-16(24-18(23-15)12-7-3-1-4-8-12)17-20(22-14)26-19(25-17)13-9-5-2-6-10-13/h1-10,14-21H,11H2/t14-,15+,16+,17-,18?,19?,20-/m1/s1. The van der Waals surface area contributed by atoms with E-state index in [1.54, 1.807) is 0 Å². The molecule has 0 amide bonds. The molecule has 3 fully saturated rings. The first-order valence-corrected chi connectivity index (χ1v) is 8.81. The molecule has 3 aliphatic heterocycles. The van der Waals surface area contributed by atoms with Gasteiger partial charge < -0.3 is 28.8 Å². The Morgan fingerprint density at radius 1 is 0.615 bits per heavy atom. The van der Waals surface area contributed by atoms with E-state index in [1.807, 2.05) is 60.7 Å². The van der Waals surface area contributed by atoms with Crippen molar-refractivity contribution in [1.29, 1.82) is 0 Å². The summed E-state index contributed by atoms with van der Waals surface area (Å²) in [6.07, 6.45) is -3.36. The summed E-state index contributed by atoms with van der Waals surface area (Å²) in [5.74, 6) is 0. The van der Waals surface area contributed by atoms with Crippen LogP contribution in [-0.2, 0) is 23.7 Å². The molecule has 0 aromatic heterocycles. The summed E-state index contributed by atoms with van der Waals surface area (Å²) in [5.41, 5.74) is 1.84. The minimum absolute atomic E-state index is 0.172. The first-order chi connectivity index (χ1) is 12.8. The largest absolute Gasteiger partial charge is 0.394 e. The Hall–Kier alpha value is -1.80. The van der Waals surface area contributed by atoms with Crippen LogP contribution >= 0.6 is 0 Å². The molecule has 0 saturated carbocycles. The van der Waals surface area contributed by atoms with E-state index in [-0.39, 0.29) is 12.7 Å². The Morgan fingerprint density at radius 3 is 1.77 bits per heavy atom. The van der Waals surface area contributed by atoms with E-state index in [1.165, 1.54) is 0 Å². The topological polar surface area (TPSA) is 66.4 Å². The van der Waals surface area contributed by atoms with Crippen LogP contribution in [0.4, 0.5) is 0 Å². The molecule has 0 radical (unpaired) electrons. The highest BCUT2D eigenvalue weighted by atomic mass is 16.8. The van der Waals surface area contributed by atoms with Crippen LogP contribution < -0.4 is 0 Å². The van der Waals surface area contributed by atoms with Gasteiger partial charge >= 0.3 is 0 Å². The van der Waals surface area contributed by atoms with Gasteiger partial charge in [0.05, 0.1) is 6.61 Å². The van der Waals surface area contributed by atoms with Crippen molar-refractivity contribution in [1.82, 2.24) is 0 Å². The molecule has 3 saturated heterocycles. The maximum atomic E-state index is 9.74. The maximum absolute atomic E-state index is 9.74. The molecule has 0 spiro atoms. The summed E-state index contributed by atoms with van der Waals surface area (Å²) in [6, 6.07) is 19.4. The average molecular weight is 356 g/mol. The number of aliphatic hydroxyl groups is 1. The summed E-state index contributed by atoms with van der Waals surface area (Å²) in [5, 5.41) is 9.74. The number of hydrogen-bond donors (Lipinski definition) is 1. The number of ether oxygens (including phenoxy) is 5. The van der Waals surface area contributed by atoms with Crippen molar-refractivity contribution in [2.75, 3.05) is 6.61 Å². The van der Waals surface area contributed by atoms with Gasteiger partial charge in [0.2, 0.25) is 0 Å². The van der Waals surface area contributed by atoms with E-state index in [0.717, 1.165) is 11.1 Å². The molecule has 0 bridgehead atoms. The van der Waals surface area contributed by atoms with Gasteiger partial charge in [-0.25, -0.2) is 0 Å². The van der Waals surface area contributed by atoms with Crippen LogP contribution in [0.15, 0.2) is 60.7 Å². The molecule has 3 heterocycles. The zero-order valence-corrected chi connectivity index (χ0v) is 14.0. The van der Waals surface area contributed by atoms with Crippen molar-refractivity contribution in [3.05, 3.63) is 71.8 Å². The van der Waals surface area contributed by atoms with E-state index in [9.17, 15) is 5.11 Å². The van der Waals surface area contributed by atoms with E-state index in [4.69, 9.17) is 23.7 Å². The number of benzene rings is 2. The van der Waals surface area contributed by atoms with Crippen molar-refractivity contribution in [2.24, 2.45) is 0 Å². The molecule has 6 nitrogen and oxygen atoms in total. The molecule has 26 heavy (non-hydrogen) atoms. The SMILES string of the molecule is OC[C@H]1O[C@@H]2OC(c3ccccc3)O[C@@H]2[C@H]2OC(c3ccccc3)O[C@H]21. The van der Waals surface area contributed by atoms with Gasteiger partial charge in [0.15, 0.2) is 18.9 Å². The highest BCUT2D eigenvalue weighted by molar-refractivity contribution is 5.19. The zero-order chi connectivity index (χ0) is 17.5. The molecule has 0 aliphatic carbocycles. The third-order valence-electron chi connectivity index (χ3n) is 5.01. The lowest BCUT2D eigenvalue weighted by Crippen LogP contribution is -2.56. The summed E-state index contributed by atoms with van der Waals surface area (Å²) < 4.78 is 30.2. The molecule has 3 aliphatic rings. The Bertz CT molecular complexity index is 738. The Morgan fingerprint density at radius 2 is 1.15 bits per heavy atom. The Labute approximate surface area is 151 Å². The lowest BCUT2D eigenvalue weighted by molar-refractivity contribution is -0.231. The normalized spacial score (nSPS) is 38.7. The van der Waals surface area contributed by atoms with E-state index >= 15 is 0 Å². The predicted octanol–water partition coefficient (Wildman–Crippen LogP) is 2.30. The van der Waals surface area contributed by atoms with Crippen molar-refractivity contribution in [3.63, 3.8) is 0 Å². The van der Waals surface area contributed by atoms with E-state index in [2.05, 4.69) is 0 Å². The van der Waals surface area contributed by atoms with Gasteiger partial charge in [-0.2, -0.15) is 0 Å². The van der Waals surface area contributed by atoms with Gasteiger partial charge in [0, 0.05) is 11.1 Å². The smallest absolute Gasteiger partial charge is 0.190 e. The van der Waals surface area contributed by atoms with E-state index in [0.29, 0.717) is 0 Å².